The number of nitrogens with zero attached hydrogens (tertiary/aromatic N) is 1. The van der Waals surface area contributed by atoms with Gasteiger partial charge < -0.3 is 15.8 Å². The Morgan fingerprint density at radius 2 is 2.03 bits per heavy atom. The standard InChI is InChI=1S/C22H31BrN4O2S/c1-3-4-11-25-12-5-13-26-22(24)27-21(28)18-10-14-30-20(18)9-6-16-15-17(23)7-8-19(16)29-2/h7-8,10,14-15,25H,3-6,9,11-13H2,1-2H3,(H3,24,26,27,28). The molecule has 2 rings (SSSR count). The van der Waals surface area contributed by atoms with Gasteiger partial charge in [-0.3, -0.25) is 15.1 Å². The van der Waals surface area contributed by atoms with E-state index in [1.807, 2.05) is 29.6 Å². The lowest BCUT2D eigenvalue weighted by atomic mass is 10.1. The summed E-state index contributed by atoms with van der Waals surface area (Å²) in [5.41, 5.74) is 7.64. The van der Waals surface area contributed by atoms with E-state index < -0.39 is 0 Å². The van der Waals surface area contributed by atoms with Crippen LogP contribution in [0, 0.1) is 0 Å². The molecule has 164 valence electrons. The second-order valence-electron chi connectivity index (χ2n) is 6.89. The van der Waals surface area contributed by atoms with Crippen LogP contribution >= 0.6 is 27.3 Å². The molecule has 0 aliphatic carbocycles. The van der Waals surface area contributed by atoms with Crippen LogP contribution in [0.4, 0.5) is 0 Å². The van der Waals surface area contributed by atoms with Crippen molar-refractivity contribution in [2.24, 2.45) is 10.7 Å². The monoisotopic (exact) mass is 494 g/mol. The Bertz CT molecular complexity index is 838. The summed E-state index contributed by atoms with van der Waals surface area (Å²) >= 11 is 5.07. The number of amides is 1. The van der Waals surface area contributed by atoms with Crippen molar-refractivity contribution in [2.75, 3.05) is 26.7 Å². The number of ether oxygens (including phenoxy) is 1. The summed E-state index contributed by atoms with van der Waals surface area (Å²) in [6, 6.07) is 7.78. The third-order valence-electron chi connectivity index (χ3n) is 4.60. The molecule has 1 aromatic carbocycles. The second-order valence-corrected chi connectivity index (χ2v) is 8.81. The van der Waals surface area contributed by atoms with Crippen molar-refractivity contribution in [3.05, 3.63) is 50.1 Å². The molecule has 4 N–H and O–H groups in total. The topological polar surface area (TPSA) is 88.7 Å². The number of halogens is 1. The molecule has 0 aliphatic rings. The number of nitrogens with one attached hydrogen (secondary N) is 2. The highest BCUT2D eigenvalue weighted by Gasteiger charge is 2.14. The number of hydrogen-bond acceptors (Lipinski definition) is 5. The van der Waals surface area contributed by atoms with Gasteiger partial charge in [0.1, 0.15) is 5.75 Å². The molecule has 0 radical (unpaired) electrons. The molecule has 0 aliphatic heterocycles. The van der Waals surface area contributed by atoms with E-state index in [4.69, 9.17) is 10.5 Å². The maximum Gasteiger partial charge on any atom is 0.259 e. The molecule has 0 saturated carbocycles. The Hall–Kier alpha value is -1.90. The molecule has 0 bridgehead atoms. The predicted molar refractivity (Wildman–Crippen MR) is 129 cm³/mol. The van der Waals surface area contributed by atoms with Crippen LogP contribution in [0.25, 0.3) is 0 Å². The van der Waals surface area contributed by atoms with E-state index in [0.29, 0.717) is 12.1 Å². The minimum Gasteiger partial charge on any atom is -0.496 e. The fourth-order valence-corrected chi connectivity index (χ4v) is 4.27. The molecule has 0 spiro atoms. The normalized spacial score (nSPS) is 11.5. The Morgan fingerprint density at radius 1 is 1.23 bits per heavy atom. The van der Waals surface area contributed by atoms with Crippen molar-refractivity contribution in [3.8, 4) is 5.75 Å². The van der Waals surface area contributed by atoms with Gasteiger partial charge >= 0.3 is 0 Å². The summed E-state index contributed by atoms with van der Waals surface area (Å²) in [6.45, 7) is 4.69. The fourth-order valence-electron chi connectivity index (χ4n) is 2.98. The zero-order valence-corrected chi connectivity index (χ0v) is 20.1. The predicted octanol–water partition coefficient (Wildman–Crippen LogP) is 4.13. The van der Waals surface area contributed by atoms with Gasteiger partial charge in [0, 0.05) is 15.9 Å². The van der Waals surface area contributed by atoms with Gasteiger partial charge in [-0.25, -0.2) is 0 Å². The van der Waals surface area contributed by atoms with E-state index >= 15 is 0 Å². The summed E-state index contributed by atoms with van der Waals surface area (Å²) in [7, 11) is 1.67. The molecule has 0 fully saturated rings. The van der Waals surface area contributed by atoms with Crippen LogP contribution in [0.5, 0.6) is 5.75 Å². The minimum absolute atomic E-state index is 0.166. The number of carbonyl (C=O) groups is 1. The van der Waals surface area contributed by atoms with Crippen molar-refractivity contribution >= 4 is 39.1 Å². The maximum atomic E-state index is 12.6. The van der Waals surface area contributed by atoms with E-state index in [9.17, 15) is 4.79 Å². The van der Waals surface area contributed by atoms with E-state index in [0.717, 1.165) is 53.0 Å². The van der Waals surface area contributed by atoms with Crippen LogP contribution in [0.1, 0.15) is 47.0 Å². The summed E-state index contributed by atoms with van der Waals surface area (Å²) in [4.78, 5) is 17.9. The number of aliphatic imine (C=N–C) groups is 1. The average Bonchev–Trinajstić information content (AvgIpc) is 3.20. The van der Waals surface area contributed by atoms with Crippen molar-refractivity contribution in [2.45, 2.75) is 39.0 Å². The molecule has 0 atom stereocenters. The third kappa shape index (κ3) is 8.08. The molecule has 1 amide bonds. The van der Waals surface area contributed by atoms with Crippen molar-refractivity contribution in [1.82, 2.24) is 10.6 Å². The van der Waals surface area contributed by atoms with Gasteiger partial charge in [-0.15, -0.1) is 11.3 Å². The molecule has 0 saturated heterocycles. The van der Waals surface area contributed by atoms with Crippen LogP contribution in [0.15, 0.2) is 39.1 Å². The molecule has 8 heteroatoms. The largest absolute Gasteiger partial charge is 0.496 e. The summed E-state index contributed by atoms with van der Waals surface area (Å²) in [5.74, 6) is 0.801. The second kappa shape index (κ2) is 13.4. The maximum absolute atomic E-state index is 12.6. The Morgan fingerprint density at radius 3 is 2.80 bits per heavy atom. The number of unbranched alkanes of at least 4 members (excludes halogenated alkanes) is 1. The number of rotatable bonds is 12. The Balaban J connectivity index is 1.86. The van der Waals surface area contributed by atoms with E-state index in [1.54, 1.807) is 18.4 Å². The third-order valence-corrected chi connectivity index (χ3v) is 6.07. The number of aryl methyl sites for hydroxylation is 2. The van der Waals surface area contributed by atoms with E-state index in [2.05, 4.69) is 38.5 Å². The van der Waals surface area contributed by atoms with Gasteiger partial charge in [0.2, 0.25) is 0 Å². The molecule has 0 unspecified atom stereocenters. The smallest absolute Gasteiger partial charge is 0.259 e. The number of nitrogens with two attached hydrogens (primary N) is 1. The minimum atomic E-state index is -0.213. The van der Waals surface area contributed by atoms with E-state index in [-0.39, 0.29) is 11.9 Å². The number of methoxy groups -OCH3 is 1. The SMILES string of the molecule is CCCCNCCCN=C(N)NC(=O)c1ccsc1CCc1cc(Br)ccc1OC. The van der Waals surface area contributed by atoms with Gasteiger partial charge in [0.25, 0.3) is 5.91 Å². The number of carbonyl (C=O) groups excluding carboxylic acids is 1. The average molecular weight is 495 g/mol. The van der Waals surface area contributed by atoms with Crippen molar-refractivity contribution < 1.29 is 9.53 Å². The first-order valence-corrected chi connectivity index (χ1v) is 11.9. The molecule has 1 heterocycles. The summed E-state index contributed by atoms with van der Waals surface area (Å²) < 4.78 is 6.45. The number of hydrogen-bond donors (Lipinski definition) is 3. The van der Waals surface area contributed by atoms with Gasteiger partial charge in [-0.05, 0) is 74.0 Å². The number of thiophene rings is 1. The molecule has 30 heavy (non-hydrogen) atoms. The highest BCUT2D eigenvalue weighted by Crippen LogP contribution is 2.26. The number of benzene rings is 1. The summed E-state index contributed by atoms with van der Waals surface area (Å²) in [6.07, 6.45) is 4.77. The van der Waals surface area contributed by atoms with Crippen LogP contribution in [-0.4, -0.2) is 38.6 Å². The van der Waals surface area contributed by atoms with Crippen LogP contribution in [0.2, 0.25) is 0 Å². The highest BCUT2D eigenvalue weighted by atomic mass is 79.9. The Labute approximate surface area is 191 Å². The van der Waals surface area contributed by atoms with Crippen LogP contribution < -0.4 is 21.1 Å². The molecule has 2 aromatic rings. The zero-order valence-electron chi connectivity index (χ0n) is 17.7. The first-order chi connectivity index (χ1) is 14.5. The first kappa shape index (κ1) is 24.4. The molecular formula is C22H31BrN4O2S. The zero-order chi connectivity index (χ0) is 21.8. The first-order valence-electron chi connectivity index (χ1n) is 10.3. The van der Waals surface area contributed by atoms with Gasteiger partial charge in [0.15, 0.2) is 5.96 Å². The lowest BCUT2D eigenvalue weighted by Crippen LogP contribution is -2.37. The van der Waals surface area contributed by atoms with Crippen LogP contribution in [-0.2, 0) is 12.8 Å². The van der Waals surface area contributed by atoms with Gasteiger partial charge in [-0.2, -0.15) is 0 Å². The van der Waals surface area contributed by atoms with Crippen molar-refractivity contribution in [1.29, 1.82) is 0 Å². The highest BCUT2D eigenvalue weighted by molar-refractivity contribution is 9.10. The van der Waals surface area contributed by atoms with Crippen LogP contribution in [0.3, 0.4) is 0 Å². The lowest BCUT2D eigenvalue weighted by molar-refractivity contribution is 0.0976. The van der Waals surface area contributed by atoms with Crippen molar-refractivity contribution in [3.63, 3.8) is 0 Å². The lowest BCUT2D eigenvalue weighted by Gasteiger charge is -2.10. The van der Waals surface area contributed by atoms with E-state index in [1.165, 1.54) is 12.8 Å². The Kier molecular flexibility index (Phi) is 10.9. The fraction of sp³-hybridized carbons (Fsp3) is 0.455. The number of guanidine groups is 1. The van der Waals surface area contributed by atoms with Gasteiger partial charge in [-0.1, -0.05) is 29.3 Å². The molecular weight excluding hydrogens is 464 g/mol. The van der Waals surface area contributed by atoms with Gasteiger partial charge in [0.05, 0.1) is 12.7 Å². The summed E-state index contributed by atoms with van der Waals surface area (Å²) in [5, 5.41) is 8.00. The molecule has 6 nitrogen and oxygen atoms in total. The molecule has 1 aromatic heterocycles. The quantitative estimate of drug-likeness (QED) is 0.235.